The highest BCUT2D eigenvalue weighted by molar-refractivity contribution is 9.10. The van der Waals surface area contributed by atoms with E-state index in [1.54, 1.807) is 0 Å². The third kappa shape index (κ3) is 5.30. The van der Waals surface area contributed by atoms with Crippen LogP contribution in [0.5, 0.6) is 0 Å². The van der Waals surface area contributed by atoms with Crippen LogP contribution in [0.3, 0.4) is 0 Å². The van der Waals surface area contributed by atoms with Crippen LogP contribution in [0.4, 0.5) is 0 Å². The minimum absolute atomic E-state index is 0. The molecule has 2 nitrogen and oxygen atoms in total. The molecule has 5 heteroatoms. The minimum atomic E-state index is -1.05. The Kier molecular flexibility index (Phi) is 9.13. The lowest BCUT2D eigenvalue weighted by atomic mass is 9.76. The number of nitrogens with zero attached hydrogens (tertiary/aromatic N) is 1. The Bertz CT molecular complexity index is 637. The van der Waals surface area contributed by atoms with E-state index in [0.717, 1.165) is 39.7 Å². The van der Waals surface area contributed by atoms with Crippen LogP contribution in [0.1, 0.15) is 33.3 Å². The summed E-state index contributed by atoms with van der Waals surface area (Å²) in [5.41, 5.74) is 0.778. The van der Waals surface area contributed by atoms with E-state index in [-0.39, 0.29) is 19.8 Å². The van der Waals surface area contributed by atoms with Crippen molar-refractivity contribution in [2.45, 2.75) is 26.4 Å². The Labute approximate surface area is 175 Å². The van der Waals surface area contributed by atoms with Gasteiger partial charge in [0.05, 0.1) is 0 Å². The Morgan fingerprint density at radius 3 is 1.80 bits per heavy atom. The van der Waals surface area contributed by atoms with Gasteiger partial charge >= 0.3 is 1.43 Å². The first kappa shape index (κ1) is 22.7. The standard InChI is InChI=1S/C20H25Br2NO.ClH/c1-4-23(5-2)14-15(3)20(24,16-8-6-10-18(21)12-16)17-9-7-11-19(22)13-17;/h6-13,15,24H,4-5,14H2,1-3H3;1H. The zero-order chi connectivity index (χ0) is 17.7. The molecule has 1 unspecified atom stereocenters. The number of halogens is 3. The van der Waals surface area contributed by atoms with Gasteiger partial charge in [0, 0.05) is 21.4 Å². The second kappa shape index (κ2) is 10.1. The summed E-state index contributed by atoms with van der Waals surface area (Å²) in [6.07, 6.45) is 0. The molecule has 138 valence electrons. The quantitative estimate of drug-likeness (QED) is 0.644. The van der Waals surface area contributed by atoms with E-state index in [9.17, 15) is 5.11 Å². The third-order valence-corrected chi connectivity index (χ3v) is 5.66. The molecule has 0 saturated carbocycles. The van der Waals surface area contributed by atoms with Crippen LogP contribution in [0.15, 0.2) is 57.5 Å². The summed E-state index contributed by atoms with van der Waals surface area (Å²) in [5.74, 6) is 0.0426. The molecule has 0 aliphatic heterocycles. The maximum atomic E-state index is 11.8. The second-order valence-corrected chi connectivity index (χ2v) is 8.01. The topological polar surface area (TPSA) is 23.5 Å². The number of benzene rings is 2. The molecule has 0 amide bonds. The van der Waals surface area contributed by atoms with Crippen LogP contribution in [0.2, 0.25) is 0 Å². The van der Waals surface area contributed by atoms with E-state index < -0.39 is 5.60 Å². The highest BCUT2D eigenvalue weighted by atomic mass is 79.9. The molecule has 0 aliphatic rings. The molecule has 0 saturated heterocycles. The maximum Gasteiger partial charge on any atom is 1.00 e. The Morgan fingerprint density at radius 2 is 1.44 bits per heavy atom. The van der Waals surface area contributed by atoms with Crippen LogP contribution in [0.25, 0.3) is 0 Å². The summed E-state index contributed by atoms with van der Waals surface area (Å²) in [7, 11) is 0. The van der Waals surface area contributed by atoms with Gasteiger partial charge in [-0.05, 0) is 48.5 Å². The molecule has 0 spiro atoms. The van der Waals surface area contributed by atoms with Gasteiger partial charge in [0.2, 0.25) is 0 Å². The summed E-state index contributed by atoms with van der Waals surface area (Å²) in [6, 6.07) is 16.0. The fraction of sp³-hybridized carbons (Fsp3) is 0.400. The zero-order valence-corrected chi connectivity index (χ0v) is 18.8. The van der Waals surface area contributed by atoms with Crippen LogP contribution in [-0.2, 0) is 5.60 Å². The van der Waals surface area contributed by atoms with Crippen LogP contribution in [0, 0.1) is 5.92 Å². The summed E-state index contributed by atoms with van der Waals surface area (Å²) in [6.45, 7) is 9.24. The van der Waals surface area contributed by atoms with Gasteiger partial charge < -0.3 is 22.4 Å². The molecule has 2 aromatic rings. The van der Waals surface area contributed by atoms with Gasteiger partial charge in [-0.3, -0.25) is 0 Å². The van der Waals surface area contributed by atoms with Crippen LogP contribution >= 0.6 is 31.9 Å². The molecule has 2 aromatic carbocycles. The first-order valence-electron chi connectivity index (χ1n) is 8.38. The highest BCUT2D eigenvalue weighted by Gasteiger charge is 2.38. The van der Waals surface area contributed by atoms with E-state index in [1.165, 1.54) is 0 Å². The average molecular weight is 492 g/mol. The Morgan fingerprint density at radius 1 is 1.00 bits per heavy atom. The normalized spacial score (nSPS) is 12.8. The molecule has 2 rings (SSSR count). The van der Waals surface area contributed by atoms with E-state index in [0.29, 0.717) is 0 Å². The van der Waals surface area contributed by atoms with Gasteiger partial charge in [-0.1, -0.05) is 76.9 Å². The lowest BCUT2D eigenvalue weighted by molar-refractivity contribution is -0.0000259. The summed E-state index contributed by atoms with van der Waals surface area (Å²) >= 11 is 7.08. The summed E-state index contributed by atoms with van der Waals surface area (Å²) in [5, 5.41) is 11.8. The van der Waals surface area contributed by atoms with E-state index in [4.69, 9.17) is 0 Å². The molecule has 0 bridgehead atoms. The summed E-state index contributed by atoms with van der Waals surface area (Å²) in [4.78, 5) is 2.35. The lowest BCUT2D eigenvalue weighted by Crippen LogP contribution is -3.00. The van der Waals surface area contributed by atoms with Crippen molar-refractivity contribution in [2.75, 3.05) is 19.6 Å². The van der Waals surface area contributed by atoms with Crippen LogP contribution in [-0.4, -0.2) is 29.6 Å². The smallest absolute Gasteiger partial charge is 1.00 e. The van der Waals surface area contributed by atoms with E-state index in [1.807, 2.05) is 48.5 Å². The van der Waals surface area contributed by atoms with Gasteiger partial charge in [-0.2, -0.15) is 0 Å². The molecule has 0 aliphatic carbocycles. The Hall–Kier alpha value is -0.390. The van der Waals surface area contributed by atoms with Crippen molar-refractivity contribution in [1.82, 2.24) is 4.90 Å². The molecule has 1 atom stereocenters. The average Bonchev–Trinajstić information content (AvgIpc) is 2.58. The second-order valence-electron chi connectivity index (χ2n) is 6.17. The number of aliphatic hydroxyl groups is 1. The molecular weight excluding hydrogens is 465 g/mol. The van der Waals surface area contributed by atoms with E-state index >= 15 is 0 Å². The molecule has 0 fully saturated rings. The van der Waals surface area contributed by atoms with Gasteiger partial charge in [0.15, 0.2) is 0 Å². The van der Waals surface area contributed by atoms with Crippen molar-refractivity contribution in [1.29, 1.82) is 0 Å². The van der Waals surface area contributed by atoms with Crippen molar-refractivity contribution in [3.63, 3.8) is 0 Å². The van der Waals surface area contributed by atoms with Crippen LogP contribution < -0.4 is 12.4 Å². The Balaban J connectivity index is 0.00000312. The molecule has 1 N–H and O–H groups in total. The molecular formula is C20H26Br2ClNO. The summed E-state index contributed by atoms with van der Waals surface area (Å²) < 4.78 is 1.95. The van der Waals surface area contributed by atoms with Crippen molar-refractivity contribution in [2.24, 2.45) is 5.92 Å². The lowest BCUT2D eigenvalue weighted by Gasteiger charge is -2.38. The van der Waals surface area contributed by atoms with Crippen molar-refractivity contribution < 1.29 is 18.9 Å². The number of rotatable bonds is 7. The maximum absolute atomic E-state index is 11.8. The SMILES string of the molecule is CCN(CC)CC(C)C(O)(c1cccc(Br)c1)c1cccc(Br)c1.[Cl-].[H+]. The van der Waals surface area contributed by atoms with Gasteiger partial charge in [0.1, 0.15) is 5.60 Å². The first-order chi connectivity index (χ1) is 11.4. The predicted molar refractivity (Wildman–Crippen MR) is 109 cm³/mol. The van der Waals surface area contributed by atoms with Gasteiger partial charge in [-0.15, -0.1) is 0 Å². The molecule has 25 heavy (non-hydrogen) atoms. The molecule has 0 heterocycles. The third-order valence-electron chi connectivity index (χ3n) is 4.67. The zero-order valence-electron chi connectivity index (χ0n) is 15.8. The van der Waals surface area contributed by atoms with Gasteiger partial charge in [-0.25, -0.2) is 0 Å². The largest absolute Gasteiger partial charge is 1.00 e. The molecule has 0 aromatic heterocycles. The van der Waals surface area contributed by atoms with E-state index in [2.05, 4.69) is 57.5 Å². The predicted octanol–water partition coefficient (Wildman–Crippen LogP) is 2.54. The number of hydrogen-bond donors (Lipinski definition) is 1. The van der Waals surface area contributed by atoms with Gasteiger partial charge in [0.25, 0.3) is 0 Å². The van der Waals surface area contributed by atoms with Crippen molar-refractivity contribution in [3.05, 3.63) is 68.6 Å². The van der Waals surface area contributed by atoms with Crippen molar-refractivity contribution >= 4 is 31.9 Å². The fourth-order valence-corrected chi connectivity index (χ4v) is 3.99. The monoisotopic (exact) mass is 489 g/mol. The number of hydrogen-bond acceptors (Lipinski definition) is 2. The highest BCUT2D eigenvalue weighted by Crippen LogP contribution is 2.39. The fourth-order valence-electron chi connectivity index (χ4n) is 3.19. The minimum Gasteiger partial charge on any atom is -1.00 e. The van der Waals surface area contributed by atoms with Crippen molar-refractivity contribution in [3.8, 4) is 0 Å². The first-order valence-corrected chi connectivity index (χ1v) is 9.97. The molecule has 0 radical (unpaired) electrons.